The summed E-state index contributed by atoms with van der Waals surface area (Å²) in [5, 5.41) is 5.16. The van der Waals surface area contributed by atoms with Gasteiger partial charge in [-0.1, -0.05) is 18.2 Å². The Morgan fingerprint density at radius 3 is 2.37 bits per heavy atom. The number of hydrogen-bond donors (Lipinski definition) is 3. The highest BCUT2D eigenvalue weighted by atomic mass is 16.5. The van der Waals surface area contributed by atoms with Gasteiger partial charge >= 0.3 is 0 Å². The SMILES string of the molecule is COc1ccc(CNC(=O)CNC(=O)COc2cccc(C(N)=O)c2)cc1. The maximum absolute atomic E-state index is 11.8. The molecule has 0 saturated heterocycles. The molecule has 3 amide bonds. The van der Waals surface area contributed by atoms with Crippen LogP contribution in [0.25, 0.3) is 0 Å². The zero-order chi connectivity index (χ0) is 19.6. The number of carbonyl (C=O) groups excluding carboxylic acids is 3. The number of methoxy groups -OCH3 is 1. The summed E-state index contributed by atoms with van der Waals surface area (Å²) in [5.74, 6) is -0.295. The van der Waals surface area contributed by atoms with Gasteiger partial charge < -0.3 is 25.8 Å². The monoisotopic (exact) mass is 371 g/mol. The molecule has 0 aromatic heterocycles. The molecule has 0 aliphatic carbocycles. The predicted molar refractivity (Wildman–Crippen MR) is 98.3 cm³/mol. The molecule has 8 heteroatoms. The summed E-state index contributed by atoms with van der Waals surface area (Å²) in [6.07, 6.45) is 0. The average molecular weight is 371 g/mol. The van der Waals surface area contributed by atoms with Crippen molar-refractivity contribution in [2.45, 2.75) is 6.54 Å². The molecule has 8 nitrogen and oxygen atoms in total. The van der Waals surface area contributed by atoms with Crippen molar-refractivity contribution < 1.29 is 23.9 Å². The molecule has 0 atom stereocenters. The topological polar surface area (TPSA) is 120 Å². The summed E-state index contributed by atoms with van der Waals surface area (Å²) < 4.78 is 10.3. The van der Waals surface area contributed by atoms with Crippen LogP contribution in [-0.2, 0) is 16.1 Å². The smallest absolute Gasteiger partial charge is 0.258 e. The van der Waals surface area contributed by atoms with Crippen LogP contribution in [0.3, 0.4) is 0 Å². The first-order valence-corrected chi connectivity index (χ1v) is 8.17. The molecule has 0 saturated carbocycles. The van der Waals surface area contributed by atoms with Crippen LogP contribution < -0.4 is 25.8 Å². The fourth-order valence-corrected chi connectivity index (χ4v) is 2.12. The second kappa shape index (κ2) is 9.81. The highest BCUT2D eigenvalue weighted by Crippen LogP contribution is 2.12. The van der Waals surface area contributed by atoms with Gasteiger partial charge in [0.2, 0.25) is 11.8 Å². The van der Waals surface area contributed by atoms with E-state index in [1.807, 2.05) is 12.1 Å². The van der Waals surface area contributed by atoms with Crippen molar-refractivity contribution in [3.63, 3.8) is 0 Å². The number of benzene rings is 2. The Hall–Kier alpha value is -3.55. The normalized spacial score (nSPS) is 9.96. The van der Waals surface area contributed by atoms with Crippen LogP contribution in [0.5, 0.6) is 11.5 Å². The maximum atomic E-state index is 11.8. The first kappa shape index (κ1) is 19.8. The van der Waals surface area contributed by atoms with Gasteiger partial charge in [0.15, 0.2) is 6.61 Å². The van der Waals surface area contributed by atoms with Crippen molar-refractivity contribution in [1.29, 1.82) is 0 Å². The third kappa shape index (κ3) is 6.69. The molecule has 0 aliphatic rings. The van der Waals surface area contributed by atoms with Gasteiger partial charge in [-0.05, 0) is 35.9 Å². The fraction of sp³-hybridized carbons (Fsp3) is 0.211. The van der Waals surface area contributed by atoms with E-state index < -0.39 is 11.8 Å². The fourth-order valence-electron chi connectivity index (χ4n) is 2.12. The molecular weight excluding hydrogens is 350 g/mol. The van der Waals surface area contributed by atoms with Gasteiger partial charge in [-0.3, -0.25) is 14.4 Å². The van der Waals surface area contributed by atoms with Gasteiger partial charge in [0.05, 0.1) is 13.7 Å². The molecule has 142 valence electrons. The highest BCUT2D eigenvalue weighted by Gasteiger charge is 2.08. The van der Waals surface area contributed by atoms with E-state index in [2.05, 4.69) is 10.6 Å². The minimum atomic E-state index is -0.585. The van der Waals surface area contributed by atoms with E-state index in [-0.39, 0.29) is 24.6 Å². The number of nitrogens with one attached hydrogen (secondary N) is 2. The van der Waals surface area contributed by atoms with Gasteiger partial charge in [-0.25, -0.2) is 0 Å². The van der Waals surface area contributed by atoms with Crippen molar-refractivity contribution in [3.8, 4) is 11.5 Å². The van der Waals surface area contributed by atoms with E-state index in [1.54, 1.807) is 37.4 Å². The van der Waals surface area contributed by atoms with Crippen LogP contribution in [0.1, 0.15) is 15.9 Å². The zero-order valence-corrected chi connectivity index (χ0v) is 14.9. The van der Waals surface area contributed by atoms with Gasteiger partial charge in [0.1, 0.15) is 11.5 Å². The summed E-state index contributed by atoms with van der Waals surface area (Å²) in [6, 6.07) is 13.5. The predicted octanol–water partition coefficient (Wildman–Crippen LogP) is 0.606. The van der Waals surface area contributed by atoms with Crippen LogP contribution >= 0.6 is 0 Å². The molecular formula is C19H21N3O5. The van der Waals surface area contributed by atoms with E-state index >= 15 is 0 Å². The summed E-state index contributed by atoms with van der Waals surface area (Å²) in [6.45, 7) is -0.108. The van der Waals surface area contributed by atoms with Gasteiger partial charge in [-0.2, -0.15) is 0 Å². The number of carbonyl (C=O) groups is 3. The van der Waals surface area contributed by atoms with E-state index in [9.17, 15) is 14.4 Å². The van der Waals surface area contributed by atoms with Crippen LogP contribution in [0, 0.1) is 0 Å². The second-order valence-corrected chi connectivity index (χ2v) is 5.58. The lowest BCUT2D eigenvalue weighted by Crippen LogP contribution is -2.38. The molecule has 2 aromatic rings. The summed E-state index contributed by atoms with van der Waals surface area (Å²) in [4.78, 5) is 34.7. The van der Waals surface area contributed by atoms with E-state index in [0.29, 0.717) is 12.3 Å². The summed E-state index contributed by atoms with van der Waals surface area (Å²) in [7, 11) is 1.58. The largest absolute Gasteiger partial charge is 0.497 e. The number of rotatable bonds is 9. The van der Waals surface area contributed by atoms with Gasteiger partial charge in [0.25, 0.3) is 5.91 Å². The Balaban J connectivity index is 1.69. The highest BCUT2D eigenvalue weighted by molar-refractivity contribution is 5.93. The van der Waals surface area contributed by atoms with Crippen LogP contribution in [-0.4, -0.2) is 38.0 Å². The third-order valence-corrected chi connectivity index (χ3v) is 3.58. The average Bonchev–Trinajstić information content (AvgIpc) is 2.69. The molecule has 4 N–H and O–H groups in total. The van der Waals surface area contributed by atoms with Crippen LogP contribution in [0.15, 0.2) is 48.5 Å². The van der Waals surface area contributed by atoms with E-state index in [1.165, 1.54) is 6.07 Å². The molecule has 27 heavy (non-hydrogen) atoms. The number of ether oxygens (including phenoxy) is 2. The Morgan fingerprint density at radius 1 is 0.963 bits per heavy atom. The molecule has 0 heterocycles. The van der Waals surface area contributed by atoms with Crippen molar-refractivity contribution in [2.24, 2.45) is 5.73 Å². The third-order valence-electron chi connectivity index (χ3n) is 3.58. The van der Waals surface area contributed by atoms with Gasteiger partial charge in [-0.15, -0.1) is 0 Å². The van der Waals surface area contributed by atoms with Crippen molar-refractivity contribution in [2.75, 3.05) is 20.3 Å². The van der Waals surface area contributed by atoms with E-state index in [4.69, 9.17) is 15.2 Å². The second-order valence-electron chi connectivity index (χ2n) is 5.58. The first-order valence-electron chi connectivity index (χ1n) is 8.17. The molecule has 2 rings (SSSR count). The standard InChI is InChI=1S/C19H21N3O5/c1-26-15-7-5-13(6-8-15)10-21-17(23)11-22-18(24)12-27-16-4-2-3-14(9-16)19(20)25/h2-9H,10-12H2,1H3,(H2,20,25)(H,21,23)(H,22,24). The quantitative estimate of drug-likeness (QED) is 0.596. The summed E-state index contributed by atoms with van der Waals surface area (Å²) >= 11 is 0. The number of hydrogen-bond acceptors (Lipinski definition) is 5. The molecule has 0 aliphatic heterocycles. The Bertz CT molecular complexity index is 805. The van der Waals surface area contributed by atoms with Crippen molar-refractivity contribution in [3.05, 3.63) is 59.7 Å². The maximum Gasteiger partial charge on any atom is 0.258 e. The Morgan fingerprint density at radius 2 is 1.70 bits per heavy atom. The minimum Gasteiger partial charge on any atom is -0.497 e. The number of amides is 3. The van der Waals surface area contributed by atoms with Crippen LogP contribution in [0.4, 0.5) is 0 Å². The first-order chi connectivity index (χ1) is 13.0. The lowest BCUT2D eigenvalue weighted by Gasteiger charge is -2.09. The molecule has 0 bridgehead atoms. The van der Waals surface area contributed by atoms with E-state index in [0.717, 1.165) is 11.3 Å². The molecule has 2 aromatic carbocycles. The molecule has 0 spiro atoms. The lowest BCUT2D eigenvalue weighted by molar-refractivity contribution is -0.127. The van der Waals surface area contributed by atoms with Gasteiger partial charge in [0, 0.05) is 12.1 Å². The van der Waals surface area contributed by atoms with Crippen molar-refractivity contribution >= 4 is 17.7 Å². The minimum absolute atomic E-state index is 0.167. The number of nitrogens with two attached hydrogens (primary N) is 1. The molecule has 0 fully saturated rings. The summed E-state index contributed by atoms with van der Waals surface area (Å²) in [5.41, 5.74) is 6.37. The zero-order valence-electron chi connectivity index (χ0n) is 14.9. The molecule has 0 radical (unpaired) electrons. The molecule has 0 unspecified atom stereocenters. The van der Waals surface area contributed by atoms with Crippen molar-refractivity contribution in [1.82, 2.24) is 10.6 Å². The number of primary amides is 1. The lowest BCUT2D eigenvalue weighted by atomic mass is 10.2. The Kier molecular flexibility index (Phi) is 7.18. The Labute approximate surface area is 156 Å². The van der Waals surface area contributed by atoms with Crippen LogP contribution in [0.2, 0.25) is 0 Å².